The predicted octanol–water partition coefficient (Wildman–Crippen LogP) is 1.89. The van der Waals surface area contributed by atoms with Crippen molar-refractivity contribution in [1.82, 2.24) is 14.7 Å². The lowest BCUT2D eigenvalue weighted by atomic mass is 10.3. The molecule has 0 atom stereocenters. The van der Waals surface area contributed by atoms with Crippen LogP contribution in [0.1, 0.15) is 12.7 Å². The largest absolute Gasteiger partial charge is 0.370 e. The second-order valence-electron chi connectivity index (χ2n) is 5.12. The number of aryl methyl sites for hydroxylation is 1. The molecule has 1 aromatic carbocycles. The minimum absolute atomic E-state index is 0.00125. The number of hydrogen-bond acceptors (Lipinski definition) is 6. The number of aromatic nitrogens is 2. The summed E-state index contributed by atoms with van der Waals surface area (Å²) < 4.78 is 52.8. The van der Waals surface area contributed by atoms with Gasteiger partial charge < -0.3 is 10.6 Å². The van der Waals surface area contributed by atoms with E-state index in [1.54, 1.807) is 13.0 Å². The monoisotopic (exact) mass is 371 g/mol. The Morgan fingerprint density at radius 3 is 2.36 bits per heavy atom. The second kappa shape index (κ2) is 8.17. The number of rotatable bonds is 8. The Morgan fingerprint density at radius 1 is 1.04 bits per heavy atom. The van der Waals surface area contributed by atoms with Crippen molar-refractivity contribution in [3.05, 3.63) is 41.7 Å². The van der Waals surface area contributed by atoms with Gasteiger partial charge in [0.1, 0.15) is 34.0 Å². The first-order chi connectivity index (χ1) is 11.8. The number of sulfonamides is 1. The molecule has 0 spiro atoms. The summed E-state index contributed by atoms with van der Waals surface area (Å²) in [6.45, 7) is 4.61. The van der Waals surface area contributed by atoms with Crippen LogP contribution in [-0.4, -0.2) is 38.0 Å². The van der Waals surface area contributed by atoms with Gasteiger partial charge in [-0.05, 0) is 26.0 Å². The summed E-state index contributed by atoms with van der Waals surface area (Å²) >= 11 is 0. The highest BCUT2D eigenvalue weighted by molar-refractivity contribution is 7.89. The van der Waals surface area contributed by atoms with E-state index in [2.05, 4.69) is 25.3 Å². The van der Waals surface area contributed by atoms with Crippen molar-refractivity contribution in [1.29, 1.82) is 0 Å². The molecule has 0 amide bonds. The molecule has 7 nitrogen and oxygen atoms in total. The normalized spacial score (nSPS) is 11.4. The first kappa shape index (κ1) is 19.0. The maximum atomic E-state index is 13.6. The van der Waals surface area contributed by atoms with Gasteiger partial charge in [0, 0.05) is 31.8 Å². The molecule has 0 bridgehead atoms. The van der Waals surface area contributed by atoms with E-state index in [1.807, 2.05) is 6.92 Å². The van der Waals surface area contributed by atoms with Gasteiger partial charge in [-0.3, -0.25) is 0 Å². The van der Waals surface area contributed by atoms with Gasteiger partial charge in [-0.25, -0.2) is 31.9 Å². The number of benzene rings is 1. The first-order valence-corrected chi connectivity index (χ1v) is 9.08. The third-order valence-electron chi connectivity index (χ3n) is 3.10. The highest BCUT2D eigenvalue weighted by Crippen LogP contribution is 2.15. The molecular formula is C15H19F2N5O2S. The maximum Gasteiger partial charge on any atom is 0.243 e. The summed E-state index contributed by atoms with van der Waals surface area (Å²) in [5.74, 6) is -0.215. The number of nitrogens with one attached hydrogen (secondary N) is 3. The molecule has 10 heteroatoms. The van der Waals surface area contributed by atoms with Crippen LogP contribution in [0.2, 0.25) is 0 Å². The third kappa shape index (κ3) is 5.33. The zero-order chi connectivity index (χ0) is 18.4. The molecule has 0 saturated carbocycles. The van der Waals surface area contributed by atoms with Gasteiger partial charge in [0.25, 0.3) is 0 Å². The maximum absolute atomic E-state index is 13.6. The van der Waals surface area contributed by atoms with E-state index in [-0.39, 0.29) is 13.1 Å². The number of nitrogens with zero attached hydrogens (tertiary/aromatic N) is 2. The van der Waals surface area contributed by atoms with E-state index in [1.165, 1.54) is 0 Å². The fourth-order valence-corrected chi connectivity index (χ4v) is 3.17. The Kier molecular flexibility index (Phi) is 6.21. The average Bonchev–Trinajstić information content (AvgIpc) is 2.51. The molecule has 136 valence electrons. The molecular weight excluding hydrogens is 352 g/mol. The molecule has 0 aliphatic heterocycles. The van der Waals surface area contributed by atoms with Crippen molar-refractivity contribution >= 4 is 21.7 Å². The minimum atomic E-state index is -4.06. The Balaban J connectivity index is 1.94. The molecule has 1 heterocycles. The number of anilines is 2. The summed E-state index contributed by atoms with van der Waals surface area (Å²) in [4.78, 5) is 7.80. The number of hydrogen-bond donors (Lipinski definition) is 3. The predicted molar refractivity (Wildman–Crippen MR) is 91.0 cm³/mol. The fourth-order valence-electron chi connectivity index (χ4n) is 2.08. The highest BCUT2D eigenvalue weighted by atomic mass is 32.2. The molecule has 0 radical (unpaired) electrons. The molecule has 0 aliphatic carbocycles. The Morgan fingerprint density at radius 2 is 1.72 bits per heavy atom. The van der Waals surface area contributed by atoms with Crippen molar-refractivity contribution in [2.24, 2.45) is 0 Å². The molecule has 2 aromatic rings. The lowest BCUT2D eigenvalue weighted by Gasteiger charge is -2.10. The summed E-state index contributed by atoms with van der Waals surface area (Å²) in [5.41, 5.74) is 0. The molecule has 3 N–H and O–H groups in total. The summed E-state index contributed by atoms with van der Waals surface area (Å²) in [6, 6.07) is 4.00. The molecule has 0 fully saturated rings. The van der Waals surface area contributed by atoms with Crippen LogP contribution in [0.4, 0.5) is 20.4 Å². The zero-order valence-corrected chi connectivity index (χ0v) is 14.6. The highest BCUT2D eigenvalue weighted by Gasteiger charge is 2.18. The van der Waals surface area contributed by atoms with Gasteiger partial charge in [-0.15, -0.1) is 0 Å². The van der Waals surface area contributed by atoms with Crippen LogP contribution in [0.5, 0.6) is 0 Å². The quantitative estimate of drug-likeness (QED) is 0.613. The Hall–Kier alpha value is -2.33. The Labute approximate surface area is 144 Å². The van der Waals surface area contributed by atoms with Crippen molar-refractivity contribution < 1.29 is 17.2 Å². The topological polar surface area (TPSA) is 96.0 Å². The molecule has 0 aliphatic rings. The van der Waals surface area contributed by atoms with Crippen molar-refractivity contribution in [2.45, 2.75) is 18.7 Å². The molecule has 2 rings (SSSR count). The van der Waals surface area contributed by atoms with Gasteiger partial charge in [0.2, 0.25) is 10.0 Å². The lowest BCUT2D eigenvalue weighted by Crippen LogP contribution is -2.29. The average molecular weight is 371 g/mol. The van der Waals surface area contributed by atoms with Crippen LogP contribution in [0.15, 0.2) is 29.2 Å². The second-order valence-corrected chi connectivity index (χ2v) is 6.85. The van der Waals surface area contributed by atoms with Gasteiger partial charge in [0.05, 0.1) is 0 Å². The zero-order valence-electron chi connectivity index (χ0n) is 13.8. The van der Waals surface area contributed by atoms with Crippen molar-refractivity contribution in [3.8, 4) is 0 Å². The lowest BCUT2D eigenvalue weighted by molar-refractivity contribution is 0.543. The van der Waals surface area contributed by atoms with E-state index in [0.717, 1.165) is 12.1 Å². The summed E-state index contributed by atoms with van der Waals surface area (Å²) in [5, 5.41) is 6.02. The van der Waals surface area contributed by atoms with Crippen molar-refractivity contribution in [3.63, 3.8) is 0 Å². The SMILES string of the molecule is CCNc1cc(NCCNS(=O)(=O)c2ccc(F)cc2F)nc(C)n1. The molecule has 0 unspecified atom stereocenters. The van der Waals surface area contributed by atoms with E-state index < -0.39 is 26.6 Å². The van der Waals surface area contributed by atoms with Gasteiger partial charge in [0.15, 0.2) is 0 Å². The van der Waals surface area contributed by atoms with Crippen LogP contribution >= 0.6 is 0 Å². The first-order valence-electron chi connectivity index (χ1n) is 7.60. The summed E-state index contributed by atoms with van der Waals surface area (Å²) in [6.07, 6.45) is 0. The standard InChI is InChI=1S/C15H19F2N5O2S/c1-3-18-14-9-15(22-10(2)21-14)19-6-7-20-25(23,24)13-5-4-11(16)8-12(13)17/h4-5,8-9,20H,3,6-7H2,1-2H3,(H2,18,19,21,22). The van der Waals surface area contributed by atoms with E-state index in [9.17, 15) is 17.2 Å². The Bertz CT molecular complexity index is 846. The molecule has 25 heavy (non-hydrogen) atoms. The van der Waals surface area contributed by atoms with Gasteiger partial charge >= 0.3 is 0 Å². The van der Waals surface area contributed by atoms with Gasteiger partial charge in [-0.2, -0.15) is 0 Å². The van der Waals surface area contributed by atoms with E-state index in [0.29, 0.717) is 30.1 Å². The van der Waals surface area contributed by atoms with E-state index in [4.69, 9.17) is 0 Å². The summed E-state index contributed by atoms with van der Waals surface area (Å²) in [7, 11) is -4.06. The van der Waals surface area contributed by atoms with Gasteiger partial charge in [-0.1, -0.05) is 0 Å². The van der Waals surface area contributed by atoms with Crippen LogP contribution in [0, 0.1) is 18.6 Å². The van der Waals surface area contributed by atoms with E-state index >= 15 is 0 Å². The van der Waals surface area contributed by atoms with Crippen LogP contribution < -0.4 is 15.4 Å². The molecule has 0 saturated heterocycles. The smallest absolute Gasteiger partial charge is 0.243 e. The third-order valence-corrected chi connectivity index (χ3v) is 4.60. The minimum Gasteiger partial charge on any atom is -0.370 e. The number of halogens is 2. The fraction of sp³-hybridized carbons (Fsp3) is 0.333. The van der Waals surface area contributed by atoms with Crippen molar-refractivity contribution in [2.75, 3.05) is 30.3 Å². The molecule has 1 aromatic heterocycles. The van der Waals surface area contributed by atoms with Crippen LogP contribution in [0.25, 0.3) is 0 Å². The van der Waals surface area contributed by atoms with Crippen LogP contribution in [-0.2, 0) is 10.0 Å². The van der Waals surface area contributed by atoms with Crippen LogP contribution in [0.3, 0.4) is 0 Å².